The number of hydrogen-bond acceptors (Lipinski definition) is 9. The number of nitrogens with one attached hydrogen (secondary N) is 1. The van der Waals surface area contributed by atoms with E-state index in [-0.39, 0.29) is 21.7 Å². The molecule has 10 heteroatoms. The second-order valence-corrected chi connectivity index (χ2v) is 10.0. The Morgan fingerprint density at radius 3 is 2.56 bits per heavy atom. The fraction of sp³-hybridized carbons (Fsp3) is 0.375. The van der Waals surface area contributed by atoms with Crippen LogP contribution in [0.5, 0.6) is 11.5 Å². The number of aromatic nitrogens is 1. The van der Waals surface area contributed by atoms with Crippen LogP contribution in [0.4, 0.5) is 5.88 Å². The van der Waals surface area contributed by atoms with Crippen LogP contribution in [-0.4, -0.2) is 70.9 Å². The summed E-state index contributed by atoms with van der Waals surface area (Å²) >= 11 is 0. The zero-order valence-corrected chi connectivity index (χ0v) is 19.8. The number of sulfone groups is 1. The number of hydrogen-bond donors (Lipinski definition) is 1. The first-order valence-corrected chi connectivity index (χ1v) is 12.8. The Morgan fingerprint density at radius 1 is 1.00 bits per heavy atom. The Bertz CT molecular complexity index is 1270. The summed E-state index contributed by atoms with van der Waals surface area (Å²) in [4.78, 5) is 6.77. The second-order valence-electron chi connectivity index (χ2n) is 8.16. The van der Waals surface area contributed by atoms with E-state index < -0.39 is 9.84 Å². The van der Waals surface area contributed by atoms with E-state index in [9.17, 15) is 8.42 Å². The van der Waals surface area contributed by atoms with Crippen molar-refractivity contribution in [3.05, 3.63) is 48.0 Å². The minimum absolute atomic E-state index is 0.0672. The molecule has 2 aliphatic heterocycles. The number of rotatable bonds is 7. The van der Waals surface area contributed by atoms with Gasteiger partial charge in [-0.15, -0.1) is 0 Å². The van der Waals surface area contributed by atoms with Crippen molar-refractivity contribution in [3.8, 4) is 23.0 Å². The van der Waals surface area contributed by atoms with Crippen molar-refractivity contribution in [3.63, 3.8) is 0 Å². The van der Waals surface area contributed by atoms with Crippen molar-refractivity contribution < 1.29 is 27.0 Å². The van der Waals surface area contributed by atoms with Gasteiger partial charge < -0.3 is 23.9 Å². The van der Waals surface area contributed by atoms with Gasteiger partial charge in [0.25, 0.3) is 0 Å². The van der Waals surface area contributed by atoms with Gasteiger partial charge in [0.1, 0.15) is 13.2 Å². The molecule has 3 heterocycles. The van der Waals surface area contributed by atoms with Gasteiger partial charge in [-0.1, -0.05) is 18.2 Å². The minimum atomic E-state index is -3.99. The molecule has 1 saturated heterocycles. The molecule has 0 aliphatic carbocycles. The van der Waals surface area contributed by atoms with Crippen LogP contribution in [0.3, 0.4) is 0 Å². The average Bonchev–Trinajstić information content (AvgIpc) is 3.29. The molecule has 0 saturated carbocycles. The summed E-state index contributed by atoms with van der Waals surface area (Å²) in [6.45, 7) is 7.04. The van der Waals surface area contributed by atoms with Crippen LogP contribution >= 0.6 is 0 Å². The van der Waals surface area contributed by atoms with Gasteiger partial charge in [0, 0.05) is 37.8 Å². The fourth-order valence-electron chi connectivity index (χ4n) is 3.98. The Hall–Kier alpha value is -3.08. The molecule has 9 nitrogen and oxygen atoms in total. The highest BCUT2D eigenvalue weighted by Crippen LogP contribution is 2.37. The summed E-state index contributed by atoms with van der Waals surface area (Å²) in [5.41, 5.74) is 1.68. The van der Waals surface area contributed by atoms with Crippen molar-refractivity contribution in [2.45, 2.75) is 16.8 Å². The van der Waals surface area contributed by atoms with Crippen LogP contribution < -0.4 is 14.8 Å². The molecule has 1 N–H and O–H groups in total. The lowest BCUT2D eigenvalue weighted by molar-refractivity contribution is 0.0398. The Labute approximate surface area is 198 Å². The SMILES string of the molecule is Cc1ccccc1-c1nc(S(=O)(=O)c2ccc3c(c2)OCCO3)c(NCCN2CCOCC2)o1. The molecule has 5 rings (SSSR count). The molecule has 3 aromatic rings. The highest BCUT2D eigenvalue weighted by Gasteiger charge is 2.30. The summed E-state index contributed by atoms with van der Waals surface area (Å²) in [5, 5.41) is 3.01. The molecule has 0 bridgehead atoms. The number of ether oxygens (including phenoxy) is 3. The maximum atomic E-state index is 13.6. The molecular weight excluding hydrogens is 458 g/mol. The van der Waals surface area contributed by atoms with Crippen LogP contribution in [0.15, 0.2) is 56.8 Å². The lowest BCUT2D eigenvalue weighted by atomic mass is 10.1. The first kappa shape index (κ1) is 22.7. The smallest absolute Gasteiger partial charge is 0.233 e. The molecule has 0 spiro atoms. The molecule has 180 valence electrons. The van der Waals surface area contributed by atoms with Gasteiger partial charge >= 0.3 is 0 Å². The maximum absolute atomic E-state index is 13.6. The highest BCUT2D eigenvalue weighted by molar-refractivity contribution is 7.91. The maximum Gasteiger partial charge on any atom is 0.233 e. The number of fused-ring (bicyclic) bond motifs is 1. The summed E-state index contributed by atoms with van der Waals surface area (Å²) in [5.74, 6) is 1.30. The summed E-state index contributed by atoms with van der Waals surface area (Å²) < 4.78 is 49.8. The lowest BCUT2D eigenvalue weighted by Gasteiger charge is -2.26. The monoisotopic (exact) mass is 485 g/mol. The number of benzene rings is 2. The van der Waals surface area contributed by atoms with Gasteiger partial charge in [0.15, 0.2) is 11.5 Å². The predicted molar refractivity (Wildman–Crippen MR) is 125 cm³/mol. The first-order valence-electron chi connectivity index (χ1n) is 11.3. The van der Waals surface area contributed by atoms with E-state index in [1.165, 1.54) is 12.1 Å². The molecule has 2 aromatic carbocycles. The van der Waals surface area contributed by atoms with Gasteiger partial charge in [-0.25, -0.2) is 8.42 Å². The van der Waals surface area contributed by atoms with E-state index in [1.54, 1.807) is 6.07 Å². The van der Waals surface area contributed by atoms with Crippen molar-refractivity contribution in [2.75, 3.05) is 57.9 Å². The van der Waals surface area contributed by atoms with Gasteiger partial charge in [-0.05, 0) is 30.7 Å². The van der Waals surface area contributed by atoms with Crippen molar-refractivity contribution in [1.29, 1.82) is 0 Å². The Balaban J connectivity index is 1.48. The van der Waals surface area contributed by atoms with Crippen molar-refractivity contribution in [2.24, 2.45) is 0 Å². The van der Waals surface area contributed by atoms with E-state index in [4.69, 9.17) is 18.6 Å². The number of oxazole rings is 1. The van der Waals surface area contributed by atoms with Gasteiger partial charge in [-0.3, -0.25) is 4.90 Å². The van der Waals surface area contributed by atoms with Gasteiger partial charge in [-0.2, -0.15) is 4.98 Å². The number of nitrogens with zero attached hydrogens (tertiary/aromatic N) is 2. The quantitative estimate of drug-likeness (QED) is 0.541. The van der Waals surface area contributed by atoms with Crippen molar-refractivity contribution in [1.82, 2.24) is 9.88 Å². The minimum Gasteiger partial charge on any atom is -0.486 e. The van der Waals surface area contributed by atoms with E-state index in [1.807, 2.05) is 31.2 Å². The number of morpholine rings is 1. The summed E-state index contributed by atoms with van der Waals surface area (Å²) in [6, 6.07) is 12.2. The number of anilines is 1. The predicted octanol–water partition coefficient (Wildman–Crippen LogP) is 3.00. The van der Waals surface area contributed by atoms with E-state index in [2.05, 4.69) is 15.2 Å². The van der Waals surface area contributed by atoms with Crippen LogP contribution in [-0.2, 0) is 14.6 Å². The second kappa shape index (κ2) is 9.65. The molecule has 2 aliphatic rings. The van der Waals surface area contributed by atoms with Crippen molar-refractivity contribution >= 4 is 15.7 Å². The molecule has 0 radical (unpaired) electrons. The lowest BCUT2D eigenvalue weighted by Crippen LogP contribution is -2.39. The van der Waals surface area contributed by atoms with Gasteiger partial charge in [0.2, 0.25) is 26.6 Å². The topological polar surface area (TPSA) is 103 Å². The van der Waals surface area contributed by atoms with Crippen LogP contribution in [0.1, 0.15) is 5.56 Å². The third-order valence-corrected chi connectivity index (χ3v) is 7.53. The van der Waals surface area contributed by atoms with Crippen LogP contribution in [0, 0.1) is 6.92 Å². The van der Waals surface area contributed by atoms with E-state index in [0.29, 0.717) is 44.5 Å². The largest absolute Gasteiger partial charge is 0.486 e. The molecule has 1 aromatic heterocycles. The van der Waals surface area contributed by atoms with E-state index in [0.717, 1.165) is 30.8 Å². The standard InChI is InChI=1S/C24H27N3O6S/c1-17-4-2-3-5-19(17)22-26-24(23(33-22)25-8-9-27-10-12-30-13-11-27)34(28,29)18-6-7-20-21(16-18)32-15-14-31-20/h2-7,16,25H,8-15H2,1H3. The van der Waals surface area contributed by atoms with Crippen LogP contribution in [0.2, 0.25) is 0 Å². The van der Waals surface area contributed by atoms with E-state index >= 15 is 0 Å². The average molecular weight is 486 g/mol. The third-order valence-electron chi connectivity index (χ3n) is 5.87. The third kappa shape index (κ3) is 4.61. The van der Waals surface area contributed by atoms with Gasteiger partial charge in [0.05, 0.1) is 18.1 Å². The fourth-order valence-corrected chi connectivity index (χ4v) is 5.28. The molecular formula is C24H27N3O6S. The number of aryl methyl sites for hydroxylation is 1. The molecule has 0 amide bonds. The zero-order valence-electron chi connectivity index (χ0n) is 19.0. The highest BCUT2D eigenvalue weighted by atomic mass is 32.2. The summed E-state index contributed by atoms with van der Waals surface area (Å²) in [6.07, 6.45) is 0. The molecule has 34 heavy (non-hydrogen) atoms. The molecule has 1 fully saturated rings. The first-order chi connectivity index (χ1) is 16.5. The Kier molecular flexibility index (Phi) is 6.44. The molecule has 0 atom stereocenters. The normalized spacial score (nSPS) is 16.4. The molecule has 0 unspecified atom stereocenters. The summed E-state index contributed by atoms with van der Waals surface area (Å²) in [7, 11) is -3.99. The zero-order chi connectivity index (χ0) is 23.5. The Morgan fingerprint density at radius 2 is 1.76 bits per heavy atom. The van der Waals surface area contributed by atoms with Crippen LogP contribution in [0.25, 0.3) is 11.5 Å².